The van der Waals surface area contributed by atoms with E-state index in [1.54, 1.807) is 6.92 Å². The highest BCUT2D eigenvalue weighted by Crippen LogP contribution is 2.27. The van der Waals surface area contributed by atoms with Crippen molar-refractivity contribution in [2.75, 3.05) is 6.54 Å². The van der Waals surface area contributed by atoms with E-state index in [0.717, 1.165) is 12.2 Å². The molecule has 3 N–H and O–H groups in total. The Kier molecular flexibility index (Phi) is 3.10. The standard InChI is InChI=1S/C12H16N2O2/c1-8(13)12(15)14-7-10-6-9-4-2-3-5-11(9)16-10/h2-5,8,10H,6-7,13H2,1H3,(H,14,15)/t8-,10?/m0/s1. The zero-order valence-electron chi connectivity index (χ0n) is 9.27. The molecule has 4 nitrogen and oxygen atoms in total. The van der Waals surface area contributed by atoms with E-state index in [-0.39, 0.29) is 12.0 Å². The maximum atomic E-state index is 11.3. The summed E-state index contributed by atoms with van der Waals surface area (Å²) in [5, 5.41) is 2.77. The fourth-order valence-corrected chi connectivity index (χ4v) is 1.74. The van der Waals surface area contributed by atoms with Gasteiger partial charge in [0.1, 0.15) is 11.9 Å². The number of carbonyl (C=O) groups is 1. The zero-order chi connectivity index (χ0) is 11.5. The first-order chi connectivity index (χ1) is 7.66. The first-order valence-electron chi connectivity index (χ1n) is 5.44. The molecule has 0 radical (unpaired) electrons. The Balaban J connectivity index is 1.86. The average Bonchev–Trinajstić information content (AvgIpc) is 2.68. The summed E-state index contributed by atoms with van der Waals surface area (Å²) in [5.41, 5.74) is 6.65. The molecule has 1 aliphatic rings. The van der Waals surface area contributed by atoms with Crippen LogP contribution in [0.3, 0.4) is 0 Å². The van der Waals surface area contributed by atoms with Gasteiger partial charge in [0.05, 0.1) is 12.6 Å². The van der Waals surface area contributed by atoms with Gasteiger partial charge < -0.3 is 15.8 Å². The Labute approximate surface area is 94.8 Å². The summed E-state index contributed by atoms with van der Waals surface area (Å²) in [5.74, 6) is 0.780. The first-order valence-corrected chi connectivity index (χ1v) is 5.44. The Hall–Kier alpha value is -1.55. The second-order valence-electron chi connectivity index (χ2n) is 4.09. The van der Waals surface area contributed by atoms with Crippen LogP contribution >= 0.6 is 0 Å². The van der Waals surface area contributed by atoms with Crippen molar-refractivity contribution in [1.29, 1.82) is 0 Å². The van der Waals surface area contributed by atoms with Crippen molar-refractivity contribution in [3.8, 4) is 5.75 Å². The van der Waals surface area contributed by atoms with Crippen LogP contribution in [0.1, 0.15) is 12.5 Å². The van der Waals surface area contributed by atoms with E-state index < -0.39 is 6.04 Å². The van der Waals surface area contributed by atoms with Gasteiger partial charge in [0, 0.05) is 6.42 Å². The lowest BCUT2D eigenvalue weighted by atomic mass is 10.1. The largest absolute Gasteiger partial charge is 0.488 e. The SMILES string of the molecule is C[C@H](N)C(=O)NCC1Cc2ccccc2O1. The molecule has 4 heteroatoms. The van der Waals surface area contributed by atoms with Crippen molar-refractivity contribution < 1.29 is 9.53 Å². The minimum atomic E-state index is -0.469. The van der Waals surface area contributed by atoms with Gasteiger partial charge in [-0.15, -0.1) is 0 Å². The molecular formula is C12H16N2O2. The number of ether oxygens (including phenoxy) is 1. The topological polar surface area (TPSA) is 64.4 Å². The molecule has 0 saturated heterocycles. The van der Waals surface area contributed by atoms with E-state index in [9.17, 15) is 4.79 Å². The molecule has 2 rings (SSSR count). The summed E-state index contributed by atoms with van der Waals surface area (Å²) in [6.07, 6.45) is 0.871. The monoisotopic (exact) mass is 220 g/mol. The summed E-state index contributed by atoms with van der Waals surface area (Å²) < 4.78 is 5.68. The molecule has 86 valence electrons. The Morgan fingerprint density at radius 3 is 3.06 bits per heavy atom. The second-order valence-corrected chi connectivity index (χ2v) is 4.09. The fourth-order valence-electron chi connectivity index (χ4n) is 1.74. The summed E-state index contributed by atoms with van der Waals surface area (Å²) in [6.45, 7) is 2.18. The number of amides is 1. The lowest BCUT2D eigenvalue weighted by Crippen LogP contribution is -2.42. The summed E-state index contributed by atoms with van der Waals surface area (Å²) in [6, 6.07) is 7.46. The van der Waals surface area contributed by atoms with Crippen molar-refractivity contribution >= 4 is 5.91 Å². The van der Waals surface area contributed by atoms with Crippen LogP contribution in [-0.2, 0) is 11.2 Å². The summed E-state index contributed by atoms with van der Waals surface area (Å²) in [7, 11) is 0. The molecule has 0 bridgehead atoms. The van der Waals surface area contributed by atoms with Gasteiger partial charge in [0.2, 0.25) is 5.91 Å². The van der Waals surface area contributed by atoms with Crippen LogP contribution in [0.4, 0.5) is 0 Å². The molecule has 0 spiro atoms. The van der Waals surface area contributed by atoms with Gasteiger partial charge in [-0.1, -0.05) is 18.2 Å². The molecule has 1 aromatic rings. The lowest BCUT2D eigenvalue weighted by Gasteiger charge is -2.13. The van der Waals surface area contributed by atoms with Crippen LogP contribution < -0.4 is 15.8 Å². The first kappa shape index (κ1) is 11.0. The number of hydrogen-bond donors (Lipinski definition) is 2. The van der Waals surface area contributed by atoms with Gasteiger partial charge in [-0.25, -0.2) is 0 Å². The van der Waals surface area contributed by atoms with Crippen LogP contribution in [0.2, 0.25) is 0 Å². The fraction of sp³-hybridized carbons (Fsp3) is 0.417. The molecule has 0 fully saturated rings. The van der Waals surface area contributed by atoms with E-state index in [1.165, 1.54) is 5.56 Å². The van der Waals surface area contributed by atoms with Gasteiger partial charge in [-0.3, -0.25) is 4.79 Å². The molecule has 1 unspecified atom stereocenters. The number of nitrogens with one attached hydrogen (secondary N) is 1. The van der Waals surface area contributed by atoms with Gasteiger partial charge >= 0.3 is 0 Å². The normalized spacial score (nSPS) is 19.8. The van der Waals surface area contributed by atoms with Gasteiger partial charge in [0.15, 0.2) is 0 Å². The van der Waals surface area contributed by atoms with Crippen molar-refractivity contribution in [2.24, 2.45) is 5.73 Å². The third-order valence-corrected chi connectivity index (χ3v) is 2.63. The molecule has 1 aliphatic heterocycles. The number of nitrogens with two attached hydrogens (primary N) is 1. The third-order valence-electron chi connectivity index (χ3n) is 2.63. The number of fused-ring (bicyclic) bond motifs is 1. The third kappa shape index (κ3) is 2.33. The minimum Gasteiger partial charge on any atom is -0.488 e. The van der Waals surface area contributed by atoms with E-state index in [1.807, 2.05) is 24.3 Å². The minimum absolute atomic E-state index is 0.0279. The van der Waals surface area contributed by atoms with Crippen LogP contribution in [-0.4, -0.2) is 24.6 Å². The van der Waals surface area contributed by atoms with Crippen LogP contribution in [0.25, 0.3) is 0 Å². The maximum Gasteiger partial charge on any atom is 0.236 e. The van der Waals surface area contributed by atoms with Crippen molar-refractivity contribution in [3.05, 3.63) is 29.8 Å². The molecule has 2 atom stereocenters. The molecule has 1 aromatic carbocycles. The Morgan fingerprint density at radius 1 is 1.62 bits per heavy atom. The predicted octanol–water partition coefficient (Wildman–Crippen LogP) is 0.454. The molecule has 0 saturated carbocycles. The number of rotatable bonds is 3. The molecule has 0 aromatic heterocycles. The molecule has 1 amide bonds. The van der Waals surface area contributed by atoms with Crippen molar-refractivity contribution in [2.45, 2.75) is 25.5 Å². The molecule has 0 aliphatic carbocycles. The molecular weight excluding hydrogens is 204 g/mol. The highest BCUT2D eigenvalue weighted by Gasteiger charge is 2.22. The average molecular weight is 220 g/mol. The van der Waals surface area contributed by atoms with Crippen LogP contribution in [0.5, 0.6) is 5.75 Å². The predicted molar refractivity (Wildman–Crippen MR) is 61.2 cm³/mol. The quantitative estimate of drug-likeness (QED) is 0.777. The number of benzene rings is 1. The van der Waals surface area contributed by atoms with Gasteiger partial charge in [0.25, 0.3) is 0 Å². The zero-order valence-corrected chi connectivity index (χ0v) is 9.27. The smallest absolute Gasteiger partial charge is 0.236 e. The summed E-state index contributed by atoms with van der Waals surface area (Å²) >= 11 is 0. The van der Waals surface area contributed by atoms with E-state index in [0.29, 0.717) is 6.54 Å². The highest BCUT2D eigenvalue weighted by atomic mass is 16.5. The van der Waals surface area contributed by atoms with Gasteiger partial charge in [-0.2, -0.15) is 0 Å². The summed E-state index contributed by atoms with van der Waals surface area (Å²) in [4.78, 5) is 11.3. The van der Waals surface area contributed by atoms with E-state index >= 15 is 0 Å². The number of para-hydroxylation sites is 1. The van der Waals surface area contributed by atoms with Crippen LogP contribution in [0, 0.1) is 0 Å². The van der Waals surface area contributed by atoms with Crippen molar-refractivity contribution in [1.82, 2.24) is 5.32 Å². The number of hydrogen-bond acceptors (Lipinski definition) is 3. The molecule has 1 heterocycles. The maximum absolute atomic E-state index is 11.3. The Bertz CT molecular complexity index is 365. The van der Waals surface area contributed by atoms with Gasteiger partial charge in [-0.05, 0) is 18.6 Å². The number of carbonyl (C=O) groups excluding carboxylic acids is 1. The van der Waals surface area contributed by atoms with E-state index in [4.69, 9.17) is 10.5 Å². The highest BCUT2D eigenvalue weighted by molar-refractivity contribution is 5.80. The second kappa shape index (κ2) is 4.53. The Morgan fingerprint density at radius 2 is 2.38 bits per heavy atom. The van der Waals surface area contributed by atoms with Crippen molar-refractivity contribution in [3.63, 3.8) is 0 Å². The van der Waals surface area contributed by atoms with E-state index in [2.05, 4.69) is 5.32 Å². The van der Waals surface area contributed by atoms with Crippen LogP contribution in [0.15, 0.2) is 24.3 Å². The lowest BCUT2D eigenvalue weighted by molar-refractivity contribution is -0.122. The molecule has 16 heavy (non-hydrogen) atoms.